The van der Waals surface area contributed by atoms with Crippen LogP contribution in [0, 0.1) is 0 Å². The summed E-state index contributed by atoms with van der Waals surface area (Å²) in [6, 6.07) is 10.0. The summed E-state index contributed by atoms with van der Waals surface area (Å²) in [6.07, 6.45) is 0. The van der Waals surface area contributed by atoms with E-state index in [1.807, 2.05) is 42.2 Å². The van der Waals surface area contributed by atoms with Gasteiger partial charge in [-0.15, -0.1) is 0 Å². The molecule has 0 bridgehead atoms. The largest absolute Gasteiger partial charge is 0.340 e. The average molecular weight is 232 g/mol. The Kier molecular flexibility index (Phi) is 3.79. The first-order valence-electron chi connectivity index (χ1n) is 6.21. The van der Waals surface area contributed by atoms with Crippen molar-refractivity contribution in [1.82, 2.24) is 9.80 Å². The summed E-state index contributed by atoms with van der Waals surface area (Å²) in [7, 11) is 2.10. The summed E-state index contributed by atoms with van der Waals surface area (Å²) in [4.78, 5) is 16.6. The van der Waals surface area contributed by atoms with Crippen molar-refractivity contribution in [2.24, 2.45) is 0 Å². The van der Waals surface area contributed by atoms with Crippen LogP contribution in [0.2, 0.25) is 0 Å². The van der Waals surface area contributed by atoms with Gasteiger partial charge in [-0.25, -0.2) is 0 Å². The number of hydrogen-bond acceptors (Lipinski definition) is 2. The number of amides is 1. The van der Waals surface area contributed by atoms with E-state index in [0.29, 0.717) is 0 Å². The summed E-state index contributed by atoms with van der Waals surface area (Å²) in [6.45, 7) is 5.66. The van der Waals surface area contributed by atoms with Crippen molar-refractivity contribution < 1.29 is 4.79 Å². The maximum atomic E-state index is 12.3. The van der Waals surface area contributed by atoms with Crippen LogP contribution < -0.4 is 0 Å². The third-order valence-corrected chi connectivity index (χ3v) is 3.48. The SMILES string of the molecule is C[C@@H](C(=O)N1CCN(C)CC1)c1ccccc1. The lowest BCUT2D eigenvalue weighted by atomic mass is 9.99. The van der Waals surface area contributed by atoms with E-state index >= 15 is 0 Å². The zero-order valence-electron chi connectivity index (χ0n) is 10.6. The molecular weight excluding hydrogens is 212 g/mol. The van der Waals surface area contributed by atoms with Crippen molar-refractivity contribution in [3.63, 3.8) is 0 Å². The summed E-state index contributed by atoms with van der Waals surface area (Å²) in [5.41, 5.74) is 1.11. The zero-order chi connectivity index (χ0) is 12.3. The second-order valence-electron chi connectivity index (χ2n) is 4.76. The normalized spacial score (nSPS) is 19.1. The molecule has 1 saturated heterocycles. The molecule has 3 heteroatoms. The van der Waals surface area contributed by atoms with Crippen LogP contribution in [0.25, 0.3) is 0 Å². The molecule has 1 amide bonds. The second kappa shape index (κ2) is 5.32. The lowest BCUT2D eigenvalue weighted by molar-refractivity contribution is -0.134. The quantitative estimate of drug-likeness (QED) is 0.772. The molecule has 1 aliphatic rings. The van der Waals surface area contributed by atoms with Gasteiger partial charge in [0.05, 0.1) is 5.92 Å². The summed E-state index contributed by atoms with van der Waals surface area (Å²) in [5.74, 6) is 0.226. The molecule has 2 rings (SSSR count). The van der Waals surface area contributed by atoms with Gasteiger partial charge in [-0.2, -0.15) is 0 Å². The van der Waals surface area contributed by atoms with Crippen LogP contribution in [-0.4, -0.2) is 48.9 Å². The van der Waals surface area contributed by atoms with E-state index in [-0.39, 0.29) is 11.8 Å². The van der Waals surface area contributed by atoms with Gasteiger partial charge in [-0.1, -0.05) is 30.3 Å². The van der Waals surface area contributed by atoms with Crippen molar-refractivity contribution in [3.8, 4) is 0 Å². The molecule has 3 nitrogen and oxygen atoms in total. The van der Waals surface area contributed by atoms with Gasteiger partial charge in [0.15, 0.2) is 0 Å². The summed E-state index contributed by atoms with van der Waals surface area (Å²) in [5, 5.41) is 0. The fourth-order valence-electron chi connectivity index (χ4n) is 2.18. The molecule has 0 aliphatic carbocycles. The Morgan fingerprint density at radius 3 is 2.29 bits per heavy atom. The second-order valence-corrected chi connectivity index (χ2v) is 4.76. The predicted molar refractivity (Wildman–Crippen MR) is 68.9 cm³/mol. The van der Waals surface area contributed by atoms with Gasteiger partial charge in [-0.3, -0.25) is 4.79 Å². The first-order chi connectivity index (χ1) is 8.18. The molecule has 0 N–H and O–H groups in total. The Hall–Kier alpha value is -1.35. The fourth-order valence-corrected chi connectivity index (χ4v) is 2.18. The number of carbonyl (C=O) groups is 1. The lowest BCUT2D eigenvalue weighted by Crippen LogP contribution is -2.48. The minimum Gasteiger partial charge on any atom is -0.340 e. The molecule has 1 heterocycles. The highest BCUT2D eigenvalue weighted by atomic mass is 16.2. The Balaban J connectivity index is 2.00. The molecule has 1 aliphatic heterocycles. The number of benzene rings is 1. The van der Waals surface area contributed by atoms with Crippen LogP contribution >= 0.6 is 0 Å². The topological polar surface area (TPSA) is 23.6 Å². The third-order valence-electron chi connectivity index (χ3n) is 3.48. The number of piperazine rings is 1. The first-order valence-corrected chi connectivity index (χ1v) is 6.21. The number of nitrogens with zero attached hydrogens (tertiary/aromatic N) is 2. The Morgan fingerprint density at radius 2 is 1.71 bits per heavy atom. The van der Waals surface area contributed by atoms with Gasteiger partial charge in [-0.05, 0) is 19.5 Å². The van der Waals surface area contributed by atoms with Crippen LogP contribution in [0.1, 0.15) is 18.4 Å². The smallest absolute Gasteiger partial charge is 0.229 e. The van der Waals surface area contributed by atoms with Crippen LogP contribution in [-0.2, 0) is 4.79 Å². The molecule has 0 unspecified atom stereocenters. The van der Waals surface area contributed by atoms with Crippen LogP contribution in [0.3, 0.4) is 0 Å². The van der Waals surface area contributed by atoms with E-state index in [4.69, 9.17) is 0 Å². The lowest BCUT2D eigenvalue weighted by Gasteiger charge is -2.34. The molecular formula is C14H20N2O. The van der Waals surface area contributed by atoms with Gasteiger partial charge in [0, 0.05) is 26.2 Å². The van der Waals surface area contributed by atoms with Crippen LogP contribution in [0.15, 0.2) is 30.3 Å². The van der Waals surface area contributed by atoms with Gasteiger partial charge in [0.25, 0.3) is 0 Å². The number of carbonyl (C=O) groups excluding carboxylic acids is 1. The molecule has 0 spiro atoms. The molecule has 1 aromatic rings. The molecule has 1 aromatic carbocycles. The van der Waals surface area contributed by atoms with Gasteiger partial charge in [0.1, 0.15) is 0 Å². The first kappa shape index (κ1) is 12.1. The van der Waals surface area contributed by atoms with E-state index in [2.05, 4.69) is 11.9 Å². The molecule has 0 aromatic heterocycles. The summed E-state index contributed by atoms with van der Waals surface area (Å²) >= 11 is 0. The number of hydrogen-bond donors (Lipinski definition) is 0. The van der Waals surface area contributed by atoms with Crippen molar-refractivity contribution in [2.75, 3.05) is 33.2 Å². The molecule has 0 saturated carbocycles. The van der Waals surface area contributed by atoms with Crippen molar-refractivity contribution in [3.05, 3.63) is 35.9 Å². The van der Waals surface area contributed by atoms with E-state index in [1.54, 1.807) is 0 Å². The highest BCUT2D eigenvalue weighted by molar-refractivity contribution is 5.83. The Bertz CT molecular complexity index is 369. The minimum atomic E-state index is -0.0281. The third kappa shape index (κ3) is 2.86. The molecule has 1 fully saturated rings. The standard InChI is InChI=1S/C14H20N2O/c1-12(13-6-4-3-5-7-13)14(17)16-10-8-15(2)9-11-16/h3-7,12H,8-11H2,1-2H3/t12-/m1/s1. The summed E-state index contributed by atoms with van der Waals surface area (Å²) < 4.78 is 0. The minimum absolute atomic E-state index is 0.0281. The highest BCUT2D eigenvalue weighted by Crippen LogP contribution is 2.18. The maximum Gasteiger partial charge on any atom is 0.229 e. The van der Waals surface area contributed by atoms with Gasteiger partial charge >= 0.3 is 0 Å². The van der Waals surface area contributed by atoms with E-state index < -0.39 is 0 Å². The molecule has 92 valence electrons. The molecule has 17 heavy (non-hydrogen) atoms. The maximum absolute atomic E-state index is 12.3. The molecule has 1 atom stereocenters. The van der Waals surface area contributed by atoms with E-state index in [1.165, 1.54) is 0 Å². The molecule has 0 radical (unpaired) electrons. The van der Waals surface area contributed by atoms with Crippen molar-refractivity contribution in [1.29, 1.82) is 0 Å². The average Bonchev–Trinajstić information content (AvgIpc) is 2.39. The van der Waals surface area contributed by atoms with E-state index in [0.717, 1.165) is 31.7 Å². The Morgan fingerprint density at radius 1 is 1.12 bits per heavy atom. The monoisotopic (exact) mass is 232 g/mol. The van der Waals surface area contributed by atoms with Gasteiger partial charge < -0.3 is 9.80 Å². The predicted octanol–water partition coefficient (Wildman–Crippen LogP) is 1.56. The van der Waals surface area contributed by atoms with Crippen molar-refractivity contribution in [2.45, 2.75) is 12.8 Å². The highest BCUT2D eigenvalue weighted by Gasteiger charge is 2.24. The van der Waals surface area contributed by atoms with Gasteiger partial charge in [0.2, 0.25) is 5.91 Å². The van der Waals surface area contributed by atoms with Crippen LogP contribution in [0.5, 0.6) is 0 Å². The van der Waals surface area contributed by atoms with Crippen molar-refractivity contribution >= 4 is 5.91 Å². The van der Waals surface area contributed by atoms with Crippen LogP contribution in [0.4, 0.5) is 0 Å². The fraction of sp³-hybridized carbons (Fsp3) is 0.500. The zero-order valence-corrected chi connectivity index (χ0v) is 10.6. The number of likely N-dealkylation sites (N-methyl/N-ethyl adjacent to an activating group) is 1. The Labute approximate surface area is 103 Å². The number of rotatable bonds is 2. The van der Waals surface area contributed by atoms with E-state index in [9.17, 15) is 4.79 Å².